The summed E-state index contributed by atoms with van der Waals surface area (Å²) in [7, 11) is 0. The van der Waals surface area contributed by atoms with E-state index in [2.05, 4.69) is 20.9 Å². The number of urea groups is 1. The van der Waals surface area contributed by atoms with Gasteiger partial charge in [-0.3, -0.25) is 14.6 Å². The highest BCUT2D eigenvalue weighted by atomic mass is 16.6. The lowest BCUT2D eigenvalue weighted by Gasteiger charge is -2.21. The van der Waals surface area contributed by atoms with E-state index in [4.69, 9.17) is 20.3 Å². The number of aromatic nitrogens is 1. The van der Waals surface area contributed by atoms with Gasteiger partial charge in [0.2, 0.25) is 0 Å². The van der Waals surface area contributed by atoms with Gasteiger partial charge in [0.25, 0.3) is 5.91 Å². The van der Waals surface area contributed by atoms with Gasteiger partial charge in [0.1, 0.15) is 18.9 Å². The number of carboxylic acids is 1. The average Bonchev–Trinajstić information content (AvgIpc) is 2.88. The number of pyridine rings is 1. The number of carbonyl (C=O) groups excluding carboxylic acids is 2. The number of carbonyl (C=O) groups is 3. The molecule has 2 aromatic carbocycles. The first-order chi connectivity index (χ1) is 17.4. The molecule has 0 spiro atoms. The fourth-order valence-corrected chi connectivity index (χ4v) is 3.58. The number of fused-ring (bicyclic) bond motifs is 1. The maximum Gasteiger partial charge on any atom is 0.319 e. The molecule has 4 rings (SSSR count). The molecule has 0 aliphatic carbocycles. The average molecular weight is 492 g/mol. The molecule has 1 aliphatic rings. The third-order valence-corrected chi connectivity index (χ3v) is 5.38. The summed E-state index contributed by atoms with van der Waals surface area (Å²) in [6.45, 7) is 0.875. The van der Waals surface area contributed by atoms with Gasteiger partial charge in [0, 0.05) is 24.4 Å². The number of nitrogens with one attached hydrogen (secondary N) is 3. The van der Waals surface area contributed by atoms with Crippen molar-refractivity contribution in [2.45, 2.75) is 18.9 Å². The van der Waals surface area contributed by atoms with E-state index in [-0.39, 0.29) is 18.5 Å². The lowest BCUT2D eigenvalue weighted by atomic mass is 10.0. The minimum atomic E-state index is -1.00. The third-order valence-electron chi connectivity index (χ3n) is 5.38. The molecule has 0 radical (unpaired) electrons. The second-order valence-electron chi connectivity index (χ2n) is 7.96. The van der Waals surface area contributed by atoms with Crippen molar-refractivity contribution >= 4 is 35.0 Å². The van der Waals surface area contributed by atoms with Crippen LogP contribution in [0.15, 0.2) is 60.8 Å². The minimum absolute atomic E-state index is 0.123. The van der Waals surface area contributed by atoms with E-state index >= 15 is 0 Å². The molecule has 1 aromatic heterocycles. The van der Waals surface area contributed by atoms with Gasteiger partial charge in [-0.15, -0.1) is 0 Å². The molecule has 1 atom stereocenters. The summed E-state index contributed by atoms with van der Waals surface area (Å²) in [5, 5.41) is 17.3. The number of ether oxygens (including phenoxy) is 2. The Morgan fingerprint density at radius 3 is 2.50 bits per heavy atom. The van der Waals surface area contributed by atoms with Crippen LogP contribution in [0.25, 0.3) is 0 Å². The molecule has 6 N–H and O–H groups in total. The third kappa shape index (κ3) is 6.20. The number of nitrogens with zero attached hydrogens (tertiary/aromatic N) is 1. The molecule has 0 bridgehead atoms. The zero-order chi connectivity index (χ0) is 25.5. The highest BCUT2D eigenvalue weighted by molar-refractivity contribution is 6.04. The number of nitrogen functional groups attached to an aromatic ring is 1. The van der Waals surface area contributed by atoms with Crippen LogP contribution in [0.5, 0.6) is 11.5 Å². The van der Waals surface area contributed by atoms with Crippen LogP contribution in [-0.2, 0) is 4.79 Å². The maximum absolute atomic E-state index is 12.7. The molecule has 36 heavy (non-hydrogen) atoms. The Balaban J connectivity index is 1.43. The Labute approximate surface area is 206 Å². The molecular formula is C25H25N5O6. The SMILES string of the molecule is Nc1ccccc1NC(=O)c1ccc(C(CCC(=O)O)NC(=O)Nc2ccc3c(c2)OCCO3)cn1. The smallest absolute Gasteiger partial charge is 0.319 e. The van der Waals surface area contributed by atoms with E-state index in [1.165, 1.54) is 12.3 Å². The number of benzene rings is 2. The van der Waals surface area contributed by atoms with E-state index in [0.29, 0.717) is 47.3 Å². The number of para-hydroxylation sites is 2. The van der Waals surface area contributed by atoms with Crippen LogP contribution in [0.1, 0.15) is 34.9 Å². The van der Waals surface area contributed by atoms with Gasteiger partial charge in [0.15, 0.2) is 11.5 Å². The van der Waals surface area contributed by atoms with Crippen molar-refractivity contribution in [3.05, 3.63) is 72.1 Å². The second kappa shape index (κ2) is 11.1. The fourth-order valence-electron chi connectivity index (χ4n) is 3.58. The fraction of sp³-hybridized carbons (Fsp3) is 0.200. The second-order valence-corrected chi connectivity index (χ2v) is 7.96. The number of aliphatic carboxylic acids is 1. The number of rotatable bonds is 8. The van der Waals surface area contributed by atoms with Crippen molar-refractivity contribution in [3.8, 4) is 11.5 Å². The molecule has 1 unspecified atom stereocenters. The summed E-state index contributed by atoms with van der Waals surface area (Å²) >= 11 is 0. The van der Waals surface area contributed by atoms with Crippen LogP contribution in [0, 0.1) is 0 Å². The summed E-state index contributed by atoms with van der Waals surface area (Å²) in [5.41, 5.74) is 7.91. The number of amides is 3. The highest BCUT2D eigenvalue weighted by Crippen LogP contribution is 2.32. The maximum atomic E-state index is 12.7. The molecule has 11 heteroatoms. The van der Waals surface area contributed by atoms with Gasteiger partial charge >= 0.3 is 12.0 Å². The molecule has 0 saturated carbocycles. The molecule has 0 fully saturated rings. The molecule has 0 saturated heterocycles. The minimum Gasteiger partial charge on any atom is -0.486 e. The Morgan fingerprint density at radius 2 is 1.78 bits per heavy atom. The first-order valence-electron chi connectivity index (χ1n) is 11.2. The Hall–Kier alpha value is -4.80. The van der Waals surface area contributed by atoms with Crippen LogP contribution < -0.4 is 31.2 Å². The number of hydrogen-bond acceptors (Lipinski definition) is 7. The van der Waals surface area contributed by atoms with Crippen molar-refractivity contribution in [1.29, 1.82) is 0 Å². The van der Waals surface area contributed by atoms with Crippen molar-refractivity contribution in [2.24, 2.45) is 0 Å². The van der Waals surface area contributed by atoms with Crippen LogP contribution in [0.2, 0.25) is 0 Å². The highest BCUT2D eigenvalue weighted by Gasteiger charge is 2.19. The molecule has 11 nitrogen and oxygen atoms in total. The van der Waals surface area contributed by atoms with Crippen molar-refractivity contribution < 1.29 is 29.0 Å². The van der Waals surface area contributed by atoms with Crippen LogP contribution >= 0.6 is 0 Å². The van der Waals surface area contributed by atoms with Crippen LogP contribution in [0.4, 0.5) is 21.9 Å². The molecule has 2 heterocycles. The van der Waals surface area contributed by atoms with Crippen molar-refractivity contribution in [2.75, 3.05) is 29.6 Å². The summed E-state index contributed by atoms with van der Waals surface area (Å²) < 4.78 is 11.0. The lowest BCUT2D eigenvalue weighted by molar-refractivity contribution is -0.137. The van der Waals surface area contributed by atoms with Gasteiger partial charge in [-0.25, -0.2) is 4.79 Å². The predicted molar refractivity (Wildman–Crippen MR) is 132 cm³/mol. The Bertz CT molecular complexity index is 1260. The summed E-state index contributed by atoms with van der Waals surface area (Å²) in [6.07, 6.45) is 1.38. The van der Waals surface area contributed by atoms with Gasteiger partial charge in [-0.05, 0) is 42.3 Å². The first kappa shape index (κ1) is 24.3. The zero-order valence-electron chi connectivity index (χ0n) is 19.2. The molecule has 1 aliphatic heterocycles. The molecule has 3 amide bonds. The van der Waals surface area contributed by atoms with Gasteiger partial charge in [-0.1, -0.05) is 18.2 Å². The van der Waals surface area contributed by atoms with E-state index in [0.717, 1.165) is 0 Å². The standard InChI is InChI=1S/C25H25N5O6/c26-17-3-1-2-4-19(17)29-24(33)20-7-5-15(14-27-20)18(8-10-23(31)32)30-25(34)28-16-6-9-21-22(13-16)36-12-11-35-21/h1-7,9,13-14,18H,8,10-12,26H2,(H,29,33)(H,31,32)(H2,28,30,34). The van der Waals surface area contributed by atoms with E-state index in [1.807, 2.05) is 0 Å². The number of anilines is 3. The Morgan fingerprint density at radius 1 is 1.00 bits per heavy atom. The van der Waals surface area contributed by atoms with Gasteiger partial charge in [0.05, 0.1) is 17.4 Å². The molecule has 3 aromatic rings. The van der Waals surface area contributed by atoms with Gasteiger partial charge in [-0.2, -0.15) is 0 Å². The number of carboxylic acid groups (broad SMARTS) is 1. The largest absolute Gasteiger partial charge is 0.486 e. The molecular weight excluding hydrogens is 466 g/mol. The normalized spacial score (nSPS) is 12.8. The number of hydrogen-bond donors (Lipinski definition) is 5. The number of nitrogens with two attached hydrogens (primary N) is 1. The molecule has 186 valence electrons. The van der Waals surface area contributed by atoms with E-state index in [1.54, 1.807) is 48.5 Å². The Kier molecular flexibility index (Phi) is 7.49. The first-order valence-corrected chi connectivity index (χ1v) is 11.2. The summed E-state index contributed by atoms with van der Waals surface area (Å²) in [5.74, 6) is -0.335. The lowest BCUT2D eigenvalue weighted by Crippen LogP contribution is -2.33. The van der Waals surface area contributed by atoms with E-state index < -0.39 is 23.9 Å². The zero-order valence-corrected chi connectivity index (χ0v) is 19.2. The van der Waals surface area contributed by atoms with E-state index in [9.17, 15) is 14.4 Å². The quantitative estimate of drug-likeness (QED) is 0.299. The van der Waals surface area contributed by atoms with Crippen LogP contribution in [-0.4, -0.2) is 41.2 Å². The van der Waals surface area contributed by atoms with Crippen LogP contribution in [0.3, 0.4) is 0 Å². The topological polar surface area (TPSA) is 165 Å². The van der Waals surface area contributed by atoms with Crippen molar-refractivity contribution in [3.63, 3.8) is 0 Å². The summed E-state index contributed by atoms with van der Waals surface area (Å²) in [6, 6.07) is 13.8. The monoisotopic (exact) mass is 491 g/mol. The predicted octanol–water partition coefficient (Wildman–Crippen LogP) is 3.41. The van der Waals surface area contributed by atoms with Gasteiger partial charge < -0.3 is 36.3 Å². The van der Waals surface area contributed by atoms with Crippen molar-refractivity contribution in [1.82, 2.24) is 10.3 Å². The summed E-state index contributed by atoms with van der Waals surface area (Å²) in [4.78, 5) is 40.6.